The summed E-state index contributed by atoms with van der Waals surface area (Å²) in [4.78, 5) is 37.9. The summed E-state index contributed by atoms with van der Waals surface area (Å²) in [5.41, 5.74) is 4.00. The number of aryl methyl sites for hydroxylation is 1. The highest BCUT2D eigenvalue weighted by Crippen LogP contribution is 2.26. The van der Waals surface area contributed by atoms with E-state index in [2.05, 4.69) is 9.97 Å². The third-order valence-corrected chi connectivity index (χ3v) is 7.12. The van der Waals surface area contributed by atoms with Crippen molar-refractivity contribution in [2.75, 3.05) is 0 Å². The van der Waals surface area contributed by atoms with Crippen LogP contribution in [-0.4, -0.2) is 19.5 Å². The fraction of sp³-hybridized carbons (Fsp3) is 0.130. The minimum Gasteiger partial charge on any atom is -0.309 e. The molecule has 6 nitrogen and oxygen atoms in total. The minimum atomic E-state index is -0.144. The average molecular weight is 447 g/mol. The van der Waals surface area contributed by atoms with E-state index in [4.69, 9.17) is 4.98 Å². The molecule has 0 unspecified atom stereocenters. The van der Waals surface area contributed by atoms with Gasteiger partial charge in [-0.2, -0.15) is 0 Å². The predicted octanol–water partition coefficient (Wildman–Crippen LogP) is 4.59. The van der Waals surface area contributed by atoms with Crippen LogP contribution >= 0.6 is 23.1 Å². The summed E-state index contributed by atoms with van der Waals surface area (Å²) in [6, 6.07) is 15.1. The molecule has 0 spiro atoms. The normalized spacial score (nSPS) is 11.4. The lowest BCUT2D eigenvalue weighted by Crippen LogP contribution is -2.23. The second-order valence-corrected chi connectivity index (χ2v) is 9.07. The van der Waals surface area contributed by atoms with Crippen molar-refractivity contribution in [3.05, 3.63) is 91.6 Å². The Morgan fingerprint density at radius 1 is 1.00 bits per heavy atom. The maximum absolute atomic E-state index is 13.5. The van der Waals surface area contributed by atoms with Crippen LogP contribution in [0.2, 0.25) is 0 Å². The van der Waals surface area contributed by atoms with Crippen LogP contribution in [0.4, 0.5) is 0 Å². The number of hydrogen-bond donors (Lipinski definition) is 1. The molecule has 0 atom stereocenters. The van der Waals surface area contributed by atoms with Crippen molar-refractivity contribution in [3.63, 3.8) is 0 Å². The minimum absolute atomic E-state index is 0.114. The van der Waals surface area contributed by atoms with Crippen LogP contribution in [0.5, 0.6) is 0 Å². The van der Waals surface area contributed by atoms with Gasteiger partial charge in [0.05, 0.1) is 27.9 Å². The summed E-state index contributed by atoms with van der Waals surface area (Å²) < 4.78 is 2.28. The van der Waals surface area contributed by atoms with Crippen LogP contribution in [-0.2, 0) is 5.75 Å². The Balaban J connectivity index is 1.65. The zero-order valence-corrected chi connectivity index (χ0v) is 18.5. The van der Waals surface area contributed by atoms with Gasteiger partial charge in [-0.05, 0) is 54.6 Å². The molecule has 0 saturated carbocycles. The van der Waals surface area contributed by atoms with Gasteiger partial charge in [0.1, 0.15) is 10.5 Å². The molecule has 3 aromatic heterocycles. The molecular formula is C23H18N4O2S2. The number of benzene rings is 2. The van der Waals surface area contributed by atoms with E-state index in [9.17, 15) is 9.59 Å². The first-order chi connectivity index (χ1) is 15.0. The zero-order chi connectivity index (χ0) is 21.5. The third-order valence-electron chi connectivity index (χ3n) is 5.26. The number of thioether (sulfide) groups is 1. The first-order valence-corrected chi connectivity index (χ1v) is 11.6. The molecule has 8 heteroatoms. The Kier molecular flexibility index (Phi) is 4.95. The summed E-state index contributed by atoms with van der Waals surface area (Å²) in [5.74, 6) is 0.937. The SMILES string of the molecule is Cc1cccc(-n2c(SCc3nc4ccsc4c(=O)[nH]3)nc3ccccc3c2=O)c1C. The molecule has 0 radical (unpaired) electrons. The Morgan fingerprint density at radius 3 is 2.71 bits per heavy atom. The highest BCUT2D eigenvalue weighted by Gasteiger charge is 2.16. The highest BCUT2D eigenvalue weighted by atomic mass is 32.2. The average Bonchev–Trinajstić information content (AvgIpc) is 3.24. The lowest BCUT2D eigenvalue weighted by molar-refractivity contribution is 0.812. The molecule has 154 valence electrons. The van der Waals surface area contributed by atoms with Crippen LogP contribution in [0.3, 0.4) is 0 Å². The first kappa shape index (κ1) is 19.7. The molecule has 0 aliphatic heterocycles. The Labute approximate surface area is 185 Å². The van der Waals surface area contributed by atoms with Crippen molar-refractivity contribution in [1.29, 1.82) is 0 Å². The Morgan fingerprint density at radius 2 is 1.84 bits per heavy atom. The molecule has 0 fully saturated rings. The summed E-state index contributed by atoms with van der Waals surface area (Å²) >= 11 is 2.75. The van der Waals surface area contributed by atoms with E-state index in [1.54, 1.807) is 10.6 Å². The number of nitrogens with zero attached hydrogens (tertiary/aromatic N) is 3. The van der Waals surface area contributed by atoms with E-state index in [0.717, 1.165) is 16.8 Å². The molecular weight excluding hydrogens is 428 g/mol. The third kappa shape index (κ3) is 3.47. The van der Waals surface area contributed by atoms with Crippen LogP contribution in [0.25, 0.3) is 26.8 Å². The quantitative estimate of drug-likeness (QED) is 0.323. The van der Waals surface area contributed by atoms with E-state index in [-0.39, 0.29) is 11.1 Å². The monoisotopic (exact) mass is 446 g/mol. The maximum atomic E-state index is 13.5. The zero-order valence-electron chi connectivity index (χ0n) is 16.9. The van der Waals surface area contributed by atoms with Crippen LogP contribution in [0.1, 0.15) is 17.0 Å². The van der Waals surface area contributed by atoms with Gasteiger partial charge in [0.15, 0.2) is 5.16 Å². The molecule has 3 heterocycles. The number of H-pyrrole nitrogens is 1. The van der Waals surface area contributed by atoms with Crippen molar-refractivity contribution in [2.24, 2.45) is 0 Å². The number of para-hydroxylation sites is 1. The molecule has 0 bridgehead atoms. The lowest BCUT2D eigenvalue weighted by atomic mass is 10.1. The van der Waals surface area contributed by atoms with E-state index in [1.165, 1.54) is 23.1 Å². The van der Waals surface area contributed by atoms with Gasteiger partial charge in [0.2, 0.25) is 0 Å². The van der Waals surface area contributed by atoms with Crippen LogP contribution in [0, 0.1) is 13.8 Å². The van der Waals surface area contributed by atoms with E-state index < -0.39 is 0 Å². The number of aromatic amines is 1. The number of thiophene rings is 1. The van der Waals surface area contributed by atoms with E-state index >= 15 is 0 Å². The number of hydrogen-bond acceptors (Lipinski definition) is 6. The summed E-state index contributed by atoms with van der Waals surface area (Å²) in [6.45, 7) is 4.03. The fourth-order valence-corrected chi connectivity index (χ4v) is 5.12. The maximum Gasteiger partial charge on any atom is 0.268 e. The lowest BCUT2D eigenvalue weighted by Gasteiger charge is -2.16. The van der Waals surface area contributed by atoms with Gasteiger partial charge in [0, 0.05) is 0 Å². The summed E-state index contributed by atoms with van der Waals surface area (Å²) in [7, 11) is 0. The van der Waals surface area contributed by atoms with Gasteiger partial charge >= 0.3 is 0 Å². The van der Waals surface area contributed by atoms with Crippen molar-refractivity contribution in [3.8, 4) is 5.69 Å². The van der Waals surface area contributed by atoms with Gasteiger partial charge < -0.3 is 4.98 Å². The van der Waals surface area contributed by atoms with E-state index in [1.807, 2.05) is 61.7 Å². The van der Waals surface area contributed by atoms with Gasteiger partial charge in [-0.3, -0.25) is 14.2 Å². The molecule has 0 saturated heterocycles. The number of fused-ring (bicyclic) bond motifs is 2. The van der Waals surface area contributed by atoms with Crippen molar-refractivity contribution in [1.82, 2.24) is 19.5 Å². The smallest absolute Gasteiger partial charge is 0.268 e. The highest BCUT2D eigenvalue weighted by molar-refractivity contribution is 7.98. The molecule has 5 aromatic rings. The topological polar surface area (TPSA) is 80.6 Å². The van der Waals surface area contributed by atoms with Crippen LogP contribution in [0.15, 0.2) is 68.7 Å². The first-order valence-electron chi connectivity index (χ1n) is 9.70. The van der Waals surface area contributed by atoms with Crippen LogP contribution < -0.4 is 11.1 Å². The molecule has 0 amide bonds. The summed E-state index contributed by atoms with van der Waals surface area (Å²) in [5, 5.41) is 2.98. The molecule has 1 N–H and O–H groups in total. The molecule has 5 rings (SSSR count). The molecule has 0 aliphatic carbocycles. The number of rotatable bonds is 4. The van der Waals surface area contributed by atoms with Crippen molar-refractivity contribution < 1.29 is 0 Å². The van der Waals surface area contributed by atoms with Crippen molar-refractivity contribution in [2.45, 2.75) is 24.8 Å². The van der Waals surface area contributed by atoms with Gasteiger partial charge in [0.25, 0.3) is 11.1 Å². The Hall–Kier alpha value is -3.23. The van der Waals surface area contributed by atoms with E-state index in [0.29, 0.717) is 37.9 Å². The molecule has 2 aromatic carbocycles. The largest absolute Gasteiger partial charge is 0.309 e. The Bertz CT molecular complexity index is 1570. The fourth-order valence-electron chi connectivity index (χ4n) is 3.52. The molecule has 0 aliphatic rings. The summed E-state index contributed by atoms with van der Waals surface area (Å²) in [6.07, 6.45) is 0. The van der Waals surface area contributed by atoms with Gasteiger partial charge in [-0.1, -0.05) is 36.0 Å². The second kappa shape index (κ2) is 7.79. The predicted molar refractivity (Wildman–Crippen MR) is 127 cm³/mol. The standard InChI is InChI=1S/C23H18N4O2S2/c1-13-6-5-9-18(14(13)2)27-22(29)15-7-3-4-8-16(15)25-23(27)31-12-19-24-17-10-11-30-20(17)21(28)26-19/h3-11H,12H2,1-2H3,(H,24,26,28). The van der Waals surface area contributed by atoms with Gasteiger partial charge in [-0.15, -0.1) is 11.3 Å². The number of nitrogens with one attached hydrogen (secondary N) is 1. The number of aromatic nitrogens is 4. The second-order valence-electron chi connectivity index (χ2n) is 7.21. The van der Waals surface area contributed by atoms with Crippen molar-refractivity contribution >= 4 is 44.2 Å². The van der Waals surface area contributed by atoms with Gasteiger partial charge in [-0.25, -0.2) is 9.97 Å². The molecule has 31 heavy (non-hydrogen) atoms.